The Morgan fingerprint density at radius 1 is 1.26 bits per heavy atom. The molecule has 0 saturated heterocycles. The summed E-state index contributed by atoms with van der Waals surface area (Å²) in [5, 5.41) is 22.0. The zero-order valence-corrected chi connectivity index (χ0v) is 15.0. The molecule has 0 aliphatic carbocycles. The maximum absolute atomic E-state index is 12.1. The van der Waals surface area contributed by atoms with Crippen molar-refractivity contribution in [1.82, 2.24) is 0 Å². The number of ether oxygens (including phenoxy) is 2. The summed E-state index contributed by atoms with van der Waals surface area (Å²) < 4.78 is 10.6. The normalized spacial score (nSPS) is 13.3. The Morgan fingerprint density at radius 3 is 2.74 bits per heavy atom. The van der Waals surface area contributed by atoms with E-state index in [2.05, 4.69) is 5.32 Å². The fraction of sp³-hybridized carbons (Fsp3) is 0.250. The SMILES string of the molecule is CO[C@@H](/C=C/C(=O)Nc1ccccc1N)[C@@H](O)c1cccc(OCCO)c1. The molecule has 1 amide bonds. The van der Waals surface area contributed by atoms with Crippen LogP contribution in [0.4, 0.5) is 11.4 Å². The van der Waals surface area contributed by atoms with Crippen LogP contribution in [-0.2, 0) is 9.53 Å². The number of benzene rings is 2. The van der Waals surface area contributed by atoms with Gasteiger partial charge in [-0.05, 0) is 35.9 Å². The third kappa shape index (κ3) is 6.10. The number of carbonyl (C=O) groups excluding carboxylic acids is 1. The third-order valence-electron chi connectivity index (χ3n) is 3.80. The van der Waals surface area contributed by atoms with Gasteiger partial charge in [-0.1, -0.05) is 24.3 Å². The summed E-state index contributed by atoms with van der Waals surface area (Å²) in [4.78, 5) is 12.1. The Morgan fingerprint density at radius 2 is 2.04 bits per heavy atom. The van der Waals surface area contributed by atoms with E-state index in [1.807, 2.05) is 0 Å². The van der Waals surface area contributed by atoms with E-state index >= 15 is 0 Å². The lowest BCUT2D eigenvalue weighted by atomic mass is 10.0. The molecular weight excluding hydrogens is 348 g/mol. The van der Waals surface area contributed by atoms with Crippen LogP contribution in [0.25, 0.3) is 0 Å². The van der Waals surface area contributed by atoms with E-state index < -0.39 is 12.2 Å². The average molecular weight is 372 g/mol. The Kier molecular flexibility index (Phi) is 7.81. The van der Waals surface area contributed by atoms with E-state index in [9.17, 15) is 9.90 Å². The number of aliphatic hydroxyl groups is 2. The molecule has 0 aliphatic heterocycles. The highest BCUT2D eigenvalue weighted by atomic mass is 16.5. The number of nitrogens with two attached hydrogens (primary N) is 1. The molecule has 2 aromatic rings. The van der Waals surface area contributed by atoms with Gasteiger partial charge >= 0.3 is 0 Å². The molecule has 0 heterocycles. The molecule has 2 atom stereocenters. The second-order valence-corrected chi connectivity index (χ2v) is 5.73. The van der Waals surface area contributed by atoms with E-state index in [1.54, 1.807) is 48.5 Å². The van der Waals surface area contributed by atoms with Gasteiger partial charge in [0.2, 0.25) is 5.91 Å². The number of para-hydroxylation sites is 2. The highest BCUT2D eigenvalue weighted by Gasteiger charge is 2.19. The van der Waals surface area contributed by atoms with Gasteiger partial charge in [0.1, 0.15) is 24.6 Å². The van der Waals surface area contributed by atoms with Gasteiger partial charge in [0.05, 0.1) is 18.0 Å². The standard InChI is InChI=1S/C20H24N2O5/c1-26-18(9-10-19(24)22-17-8-3-2-7-16(17)21)20(25)14-5-4-6-15(13-14)27-12-11-23/h2-10,13,18,20,23,25H,11-12,21H2,1H3,(H,22,24)/b10-9+/t18-,20-/m0/s1. The Bertz CT molecular complexity index is 778. The van der Waals surface area contributed by atoms with Crippen LogP contribution in [0, 0.1) is 0 Å². The van der Waals surface area contributed by atoms with Crippen molar-refractivity contribution in [3.8, 4) is 5.75 Å². The molecule has 2 rings (SSSR count). The van der Waals surface area contributed by atoms with Crippen molar-refractivity contribution in [2.45, 2.75) is 12.2 Å². The summed E-state index contributed by atoms with van der Waals surface area (Å²) in [5.74, 6) is 0.138. The number of nitrogens with one attached hydrogen (secondary N) is 1. The van der Waals surface area contributed by atoms with Gasteiger partial charge < -0.3 is 30.7 Å². The molecule has 0 aromatic heterocycles. The average Bonchev–Trinajstić information content (AvgIpc) is 2.68. The number of hydrogen-bond donors (Lipinski definition) is 4. The monoisotopic (exact) mass is 372 g/mol. The molecule has 0 radical (unpaired) electrons. The maximum Gasteiger partial charge on any atom is 0.248 e. The van der Waals surface area contributed by atoms with Gasteiger partial charge in [0.15, 0.2) is 0 Å². The van der Waals surface area contributed by atoms with E-state index in [1.165, 1.54) is 19.3 Å². The number of nitrogen functional groups attached to an aromatic ring is 1. The first-order valence-electron chi connectivity index (χ1n) is 8.43. The van der Waals surface area contributed by atoms with Crippen LogP contribution in [0.15, 0.2) is 60.7 Å². The van der Waals surface area contributed by atoms with E-state index in [0.29, 0.717) is 22.7 Å². The molecule has 0 bridgehead atoms. The second kappa shape index (κ2) is 10.3. The molecule has 0 fully saturated rings. The number of amides is 1. The lowest BCUT2D eigenvalue weighted by Crippen LogP contribution is -2.20. The number of anilines is 2. The zero-order chi connectivity index (χ0) is 19.6. The first kappa shape index (κ1) is 20.4. The Hall–Kier alpha value is -2.87. The summed E-state index contributed by atoms with van der Waals surface area (Å²) >= 11 is 0. The van der Waals surface area contributed by atoms with E-state index in [-0.39, 0.29) is 19.1 Å². The minimum atomic E-state index is -1.00. The van der Waals surface area contributed by atoms with Gasteiger partial charge in [0.25, 0.3) is 0 Å². The second-order valence-electron chi connectivity index (χ2n) is 5.73. The van der Waals surface area contributed by atoms with E-state index in [4.69, 9.17) is 20.3 Å². The van der Waals surface area contributed by atoms with Gasteiger partial charge in [-0.15, -0.1) is 0 Å². The summed E-state index contributed by atoms with van der Waals surface area (Å²) in [5.41, 5.74) is 7.33. The van der Waals surface area contributed by atoms with Crippen LogP contribution in [-0.4, -0.2) is 42.5 Å². The predicted octanol–water partition coefficient (Wildman–Crippen LogP) is 1.88. The molecular formula is C20H24N2O5. The first-order valence-corrected chi connectivity index (χ1v) is 8.43. The fourth-order valence-electron chi connectivity index (χ4n) is 2.42. The van der Waals surface area contributed by atoms with Crippen molar-refractivity contribution >= 4 is 17.3 Å². The van der Waals surface area contributed by atoms with Crippen molar-refractivity contribution in [2.24, 2.45) is 0 Å². The van der Waals surface area contributed by atoms with Crippen molar-refractivity contribution in [3.05, 3.63) is 66.2 Å². The minimum absolute atomic E-state index is 0.0999. The molecule has 27 heavy (non-hydrogen) atoms. The van der Waals surface area contributed by atoms with Gasteiger partial charge in [-0.25, -0.2) is 0 Å². The number of aliphatic hydroxyl groups excluding tert-OH is 2. The maximum atomic E-state index is 12.1. The number of hydrogen-bond acceptors (Lipinski definition) is 6. The van der Waals surface area contributed by atoms with Crippen LogP contribution in [0.2, 0.25) is 0 Å². The quantitative estimate of drug-likeness (QED) is 0.395. The minimum Gasteiger partial charge on any atom is -0.491 e. The number of methoxy groups -OCH3 is 1. The lowest BCUT2D eigenvalue weighted by molar-refractivity contribution is -0.112. The van der Waals surface area contributed by atoms with Crippen LogP contribution < -0.4 is 15.8 Å². The fourth-order valence-corrected chi connectivity index (χ4v) is 2.42. The molecule has 7 heteroatoms. The zero-order valence-electron chi connectivity index (χ0n) is 15.0. The van der Waals surface area contributed by atoms with Gasteiger partial charge in [0, 0.05) is 13.2 Å². The third-order valence-corrected chi connectivity index (χ3v) is 3.80. The molecule has 0 spiro atoms. The highest BCUT2D eigenvalue weighted by Crippen LogP contribution is 2.24. The molecule has 0 aliphatic rings. The predicted molar refractivity (Wildman–Crippen MR) is 103 cm³/mol. The first-order chi connectivity index (χ1) is 13.0. The molecule has 2 aromatic carbocycles. The van der Waals surface area contributed by atoms with Crippen LogP contribution in [0.5, 0.6) is 5.75 Å². The molecule has 0 unspecified atom stereocenters. The summed E-state index contributed by atoms with van der Waals surface area (Å²) in [6.45, 7) is 0.0627. The van der Waals surface area contributed by atoms with Crippen molar-refractivity contribution in [1.29, 1.82) is 0 Å². The number of carbonyl (C=O) groups is 1. The van der Waals surface area contributed by atoms with Crippen LogP contribution >= 0.6 is 0 Å². The van der Waals surface area contributed by atoms with Crippen LogP contribution in [0.1, 0.15) is 11.7 Å². The largest absolute Gasteiger partial charge is 0.491 e. The number of rotatable bonds is 9. The Balaban J connectivity index is 2.04. The summed E-state index contributed by atoms with van der Waals surface area (Å²) in [7, 11) is 1.44. The smallest absolute Gasteiger partial charge is 0.248 e. The topological polar surface area (TPSA) is 114 Å². The summed E-state index contributed by atoms with van der Waals surface area (Å²) in [6.07, 6.45) is 1.02. The van der Waals surface area contributed by atoms with Gasteiger partial charge in [-0.3, -0.25) is 4.79 Å². The highest BCUT2D eigenvalue weighted by molar-refractivity contribution is 6.01. The van der Waals surface area contributed by atoms with Crippen LogP contribution in [0.3, 0.4) is 0 Å². The molecule has 5 N–H and O–H groups in total. The van der Waals surface area contributed by atoms with E-state index in [0.717, 1.165) is 0 Å². The molecule has 0 saturated carbocycles. The lowest BCUT2D eigenvalue weighted by Gasteiger charge is -2.19. The Labute approximate surface area is 158 Å². The van der Waals surface area contributed by atoms with Crippen molar-refractivity contribution in [2.75, 3.05) is 31.4 Å². The summed E-state index contributed by atoms with van der Waals surface area (Å²) in [6, 6.07) is 13.8. The molecule has 144 valence electrons. The van der Waals surface area contributed by atoms with Crippen molar-refractivity contribution in [3.63, 3.8) is 0 Å². The van der Waals surface area contributed by atoms with Gasteiger partial charge in [-0.2, -0.15) is 0 Å². The molecule has 7 nitrogen and oxygen atoms in total. The van der Waals surface area contributed by atoms with Crippen molar-refractivity contribution < 1.29 is 24.5 Å².